The number of rotatable bonds is 5. The highest BCUT2D eigenvalue weighted by molar-refractivity contribution is 5.91. The van der Waals surface area contributed by atoms with Crippen LogP contribution in [0.1, 0.15) is 16.7 Å². The molecule has 0 aliphatic heterocycles. The molecule has 5 nitrogen and oxygen atoms in total. The van der Waals surface area contributed by atoms with Crippen LogP contribution in [0.3, 0.4) is 0 Å². The Balaban J connectivity index is 1.76. The molecule has 0 saturated carbocycles. The second-order valence-electron chi connectivity index (χ2n) is 7.48. The molecule has 32 heavy (non-hydrogen) atoms. The van der Waals surface area contributed by atoms with Crippen molar-refractivity contribution in [3.8, 4) is 22.8 Å². The fourth-order valence-corrected chi connectivity index (χ4v) is 3.29. The van der Waals surface area contributed by atoms with Crippen LogP contribution in [0.2, 0.25) is 0 Å². The van der Waals surface area contributed by atoms with Gasteiger partial charge in [-0.2, -0.15) is 0 Å². The molecule has 0 atom stereocenters. The summed E-state index contributed by atoms with van der Waals surface area (Å²) in [6, 6.07) is 20.0. The number of hydrogen-bond donors (Lipinski definition) is 0. The summed E-state index contributed by atoms with van der Waals surface area (Å²) in [5.74, 6) is 0.0321. The number of esters is 1. The van der Waals surface area contributed by atoms with Gasteiger partial charge in [0.05, 0.1) is 12.5 Å². The van der Waals surface area contributed by atoms with Gasteiger partial charge in [-0.05, 0) is 61.9 Å². The predicted molar refractivity (Wildman–Crippen MR) is 125 cm³/mol. The molecule has 0 fully saturated rings. The SMILES string of the molecule is COc1ccc(-c2oc3ccc(C)cc3c(=O)c2OC(=O)C=Cc2ccc(C)cc2)cc1. The average Bonchev–Trinajstić information content (AvgIpc) is 2.81. The highest BCUT2D eigenvalue weighted by atomic mass is 16.5. The van der Waals surface area contributed by atoms with Gasteiger partial charge in [-0.1, -0.05) is 41.5 Å². The highest BCUT2D eigenvalue weighted by Crippen LogP contribution is 2.32. The summed E-state index contributed by atoms with van der Waals surface area (Å²) in [5.41, 5.74) is 3.48. The summed E-state index contributed by atoms with van der Waals surface area (Å²) in [7, 11) is 1.57. The maximum Gasteiger partial charge on any atom is 0.336 e. The van der Waals surface area contributed by atoms with Gasteiger partial charge in [0, 0.05) is 11.6 Å². The van der Waals surface area contributed by atoms with Crippen molar-refractivity contribution in [2.75, 3.05) is 7.11 Å². The van der Waals surface area contributed by atoms with Crippen LogP contribution in [0.15, 0.2) is 82.0 Å². The minimum absolute atomic E-state index is 0.146. The Morgan fingerprint density at radius 1 is 0.906 bits per heavy atom. The molecule has 3 aromatic carbocycles. The first-order valence-electron chi connectivity index (χ1n) is 10.1. The van der Waals surface area contributed by atoms with E-state index in [0.29, 0.717) is 22.3 Å². The van der Waals surface area contributed by atoms with Crippen molar-refractivity contribution < 1.29 is 18.7 Å². The van der Waals surface area contributed by atoms with Gasteiger partial charge in [0.2, 0.25) is 11.2 Å². The Bertz CT molecular complexity index is 1360. The summed E-state index contributed by atoms with van der Waals surface area (Å²) in [6.45, 7) is 3.87. The first-order chi connectivity index (χ1) is 15.4. The molecule has 0 aliphatic rings. The standard InChI is InChI=1S/C27H22O5/c1-17-4-7-19(8-5-17)9-15-24(28)32-27-25(29)22-16-18(2)6-14-23(22)31-26(27)20-10-12-21(30-3)13-11-20/h4-16H,1-3H3. The van der Waals surface area contributed by atoms with E-state index in [9.17, 15) is 9.59 Å². The van der Waals surface area contributed by atoms with Gasteiger partial charge in [-0.3, -0.25) is 4.79 Å². The maximum atomic E-state index is 13.3. The van der Waals surface area contributed by atoms with Gasteiger partial charge >= 0.3 is 5.97 Å². The molecule has 0 bridgehead atoms. The molecule has 0 spiro atoms. The van der Waals surface area contributed by atoms with Gasteiger partial charge in [0.1, 0.15) is 11.3 Å². The smallest absolute Gasteiger partial charge is 0.336 e. The Labute approximate surface area is 185 Å². The average molecular weight is 426 g/mol. The molecule has 160 valence electrons. The second kappa shape index (κ2) is 8.94. The number of carbonyl (C=O) groups excluding carboxylic acids is 1. The molecule has 0 radical (unpaired) electrons. The van der Waals surface area contributed by atoms with Crippen molar-refractivity contribution >= 4 is 23.0 Å². The van der Waals surface area contributed by atoms with Crippen molar-refractivity contribution in [2.45, 2.75) is 13.8 Å². The van der Waals surface area contributed by atoms with Crippen LogP contribution < -0.4 is 14.9 Å². The van der Waals surface area contributed by atoms with E-state index in [1.807, 2.05) is 44.2 Å². The van der Waals surface area contributed by atoms with Crippen LogP contribution >= 0.6 is 0 Å². The fraction of sp³-hybridized carbons (Fsp3) is 0.111. The molecular formula is C27H22O5. The van der Waals surface area contributed by atoms with Gasteiger partial charge in [0.25, 0.3) is 0 Å². The summed E-state index contributed by atoms with van der Waals surface area (Å²) < 4.78 is 16.7. The van der Waals surface area contributed by atoms with E-state index in [-0.39, 0.29) is 11.5 Å². The van der Waals surface area contributed by atoms with Crippen molar-refractivity contribution in [2.24, 2.45) is 0 Å². The van der Waals surface area contributed by atoms with Crippen molar-refractivity contribution in [3.63, 3.8) is 0 Å². The lowest BCUT2D eigenvalue weighted by atomic mass is 10.1. The largest absolute Gasteiger partial charge is 0.497 e. The van der Waals surface area contributed by atoms with E-state index in [2.05, 4.69) is 0 Å². The molecule has 0 aliphatic carbocycles. The Kier molecular flexibility index (Phi) is 5.90. The normalized spacial score (nSPS) is 11.1. The number of aryl methyl sites for hydroxylation is 2. The van der Waals surface area contributed by atoms with Crippen LogP contribution in [-0.4, -0.2) is 13.1 Å². The van der Waals surface area contributed by atoms with Crippen molar-refractivity contribution in [1.29, 1.82) is 0 Å². The molecular weight excluding hydrogens is 404 g/mol. The number of fused-ring (bicyclic) bond motifs is 1. The number of ether oxygens (including phenoxy) is 2. The van der Waals surface area contributed by atoms with E-state index < -0.39 is 11.4 Å². The monoisotopic (exact) mass is 426 g/mol. The van der Waals surface area contributed by atoms with Gasteiger partial charge in [-0.15, -0.1) is 0 Å². The Hall–Kier alpha value is -4.12. The zero-order chi connectivity index (χ0) is 22.7. The predicted octanol–water partition coefficient (Wildman–Crippen LogP) is 5.70. The van der Waals surface area contributed by atoms with E-state index in [1.165, 1.54) is 6.08 Å². The summed E-state index contributed by atoms with van der Waals surface area (Å²) in [5, 5.41) is 0.354. The zero-order valence-electron chi connectivity index (χ0n) is 18.0. The van der Waals surface area contributed by atoms with Crippen LogP contribution in [0, 0.1) is 13.8 Å². The molecule has 1 aromatic heterocycles. The zero-order valence-corrected chi connectivity index (χ0v) is 18.0. The lowest BCUT2D eigenvalue weighted by Gasteiger charge is -2.10. The Morgan fingerprint density at radius 3 is 2.28 bits per heavy atom. The quantitative estimate of drug-likeness (QED) is 0.302. The summed E-state index contributed by atoms with van der Waals surface area (Å²) in [4.78, 5) is 25.8. The second-order valence-corrected chi connectivity index (χ2v) is 7.48. The highest BCUT2D eigenvalue weighted by Gasteiger charge is 2.20. The van der Waals surface area contributed by atoms with E-state index >= 15 is 0 Å². The fourth-order valence-electron chi connectivity index (χ4n) is 3.29. The summed E-state index contributed by atoms with van der Waals surface area (Å²) in [6.07, 6.45) is 2.93. The first-order valence-corrected chi connectivity index (χ1v) is 10.1. The number of hydrogen-bond acceptors (Lipinski definition) is 5. The van der Waals surface area contributed by atoms with E-state index in [0.717, 1.165) is 16.7 Å². The molecule has 1 heterocycles. The lowest BCUT2D eigenvalue weighted by molar-refractivity contribution is -0.129. The van der Waals surface area contributed by atoms with Crippen LogP contribution in [0.4, 0.5) is 0 Å². The molecule has 5 heteroatoms. The van der Waals surface area contributed by atoms with Crippen LogP contribution in [-0.2, 0) is 4.79 Å². The number of carbonyl (C=O) groups is 1. The third-order valence-corrected chi connectivity index (χ3v) is 5.05. The minimum Gasteiger partial charge on any atom is -0.497 e. The van der Waals surface area contributed by atoms with Gasteiger partial charge < -0.3 is 13.9 Å². The molecule has 4 rings (SSSR count). The van der Waals surface area contributed by atoms with E-state index in [1.54, 1.807) is 49.6 Å². The lowest BCUT2D eigenvalue weighted by Crippen LogP contribution is -2.14. The first kappa shape index (κ1) is 21.1. The van der Waals surface area contributed by atoms with Crippen LogP contribution in [0.5, 0.6) is 11.5 Å². The minimum atomic E-state index is -0.667. The van der Waals surface area contributed by atoms with Crippen LogP contribution in [0.25, 0.3) is 28.4 Å². The molecule has 4 aromatic rings. The number of methoxy groups -OCH3 is 1. The van der Waals surface area contributed by atoms with E-state index in [4.69, 9.17) is 13.9 Å². The van der Waals surface area contributed by atoms with Gasteiger partial charge in [-0.25, -0.2) is 4.79 Å². The van der Waals surface area contributed by atoms with Crippen molar-refractivity contribution in [1.82, 2.24) is 0 Å². The summed E-state index contributed by atoms with van der Waals surface area (Å²) >= 11 is 0. The topological polar surface area (TPSA) is 65.7 Å². The molecule has 0 amide bonds. The molecule has 0 N–H and O–H groups in total. The maximum absolute atomic E-state index is 13.3. The molecule has 0 unspecified atom stereocenters. The third-order valence-electron chi connectivity index (χ3n) is 5.05. The van der Waals surface area contributed by atoms with Crippen molar-refractivity contribution in [3.05, 3.63) is 99.7 Å². The molecule has 0 saturated heterocycles. The third kappa shape index (κ3) is 4.47. The van der Waals surface area contributed by atoms with Gasteiger partial charge in [0.15, 0.2) is 5.76 Å². The number of benzene rings is 3. The Morgan fingerprint density at radius 2 is 1.59 bits per heavy atom.